The SMILES string of the molecule is C[C@@H](Nc1cnc(N2CCCCC2)n(CC(O)O)c1=O)c1coc(-c2ccccc2F)n1. The van der Waals surface area contributed by atoms with Crippen molar-refractivity contribution in [1.29, 1.82) is 0 Å². The number of nitrogens with zero attached hydrogens (tertiary/aromatic N) is 4. The predicted octanol–water partition coefficient (Wildman–Crippen LogP) is 2.51. The molecular weight excluding hydrogens is 417 g/mol. The van der Waals surface area contributed by atoms with Gasteiger partial charge in [-0.05, 0) is 38.3 Å². The van der Waals surface area contributed by atoms with E-state index in [0.717, 1.165) is 32.4 Å². The molecule has 1 atom stereocenters. The third-order valence-corrected chi connectivity index (χ3v) is 5.45. The Morgan fingerprint density at radius 1 is 1.22 bits per heavy atom. The van der Waals surface area contributed by atoms with Gasteiger partial charge in [0.05, 0.1) is 24.3 Å². The lowest BCUT2D eigenvalue weighted by Crippen LogP contribution is -2.38. The van der Waals surface area contributed by atoms with Crippen molar-refractivity contribution < 1.29 is 19.0 Å². The maximum Gasteiger partial charge on any atom is 0.278 e. The fourth-order valence-electron chi connectivity index (χ4n) is 3.81. The molecule has 0 amide bonds. The summed E-state index contributed by atoms with van der Waals surface area (Å²) in [4.78, 5) is 23.9. The maximum absolute atomic E-state index is 14.0. The van der Waals surface area contributed by atoms with Crippen molar-refractivity contribution in [2.75, 3.05) is 23.3 Å². The molecule has 1 aliphatic heterocycles. The van der Waals surface area contributed by atoms with Crippen LogP contribution >= 0.6 is 0 Å². The van der Waals surface area contributed by atoms with E-state index in [2.05, 4.69) is 15.3 Å². The van der Waals surface area contributed by atoms with Gasteiger partial charge in [-0.1, -0.05) is 12.1 Å². The third-order valence-electron chi connectivity index (χ3n) is 5.45. The summed E-state index contributed by atoms with van der Waals surface area (Å²) in [6.07, 6.45) is 4.26. The summed E-state index contributed by atoms with van der Waals surface area (Å²) >= 11 is 0. The Balaban J connectivity index is 1.59. The molecule has 1 aromatic carbocycles. The van der Waals surface area contributed by atoms with Gasteiger partial charge in [0, 0.05) is 13.1 Å². The van der Waals surface area contributed by atoms with Gasteiger partial charge >= 0.3 is 0 Å². The molecule has 3 aromatic rings. The van der Waals surface area contributed by atoms with Crippen molar-refractivity contribution >= 4 is 11.6 Å². The van der Waals surface area contributed by atoms with E-state index in [4.69, 9.17) is 4.42 Å². The molecule has 170 valence electrons. The molecule has 2 aromatic heterocycles. The number of aromatic nitrogens is 3. The maximum atomic E-state index is 14.0. The number of aliphatic hydroxyl groups is 2. The van der Waals surface area contributed by atoms with E-state index >= 15 is 0 Å². The normalized spacial score (nSPS) is 15.2. The van der Waals surface area contributed by atoms with Crippen LogP contribution in [0.15, 0.2) is 45.9 Å². The van der Waals surface area contributed by atoms with E-state index in [1.165, 1.54) is 23.1 Å². The van der Waals surface area contributed by atoms with Crippen LogP contribution in [0.5, 0.6) is 0 Å². The van der Waals surface area contributed by atoms with E-state index in [-0.39, 0.29) is 23.7 Å². The molecule has 1 saturated heterocycles. The summed E-state index contributed by atoms with van der Waals surface area (Å²) in [6, 6.07) is 5.74. The molecule has 0 spiro atoms. The van der Waals surface area contributed by atoms with Crippen LogP contribution in [-0.4, -0.2) is 44.1 Å². The van der Waals surface area contributed by atoms with Gasteiger partial charge in [0.2, 0.25) is 11.8 Å². The van der Waals surface area contributed by atoms with E-state index in [0.29, 0.717) is 11.6 Å². The molecular formula is C22H26FN5O4. The fourth-order valence-corrected chi connectivity index (χ4v) is 3.81. The van der Waals surface area contributed by atoms with Gasteiger partial charge in [-0.3, -0.25) is 9.36 Å². The average Bonchev–Trinajstić information content (AvgIpc) is 3.27. The van der Waals surface area contributed by atoms with Gasteiger partial charge < -0.3 is 24.8 Å². The number of oxazole rings is 1. The summed E-state index contributed by atoms with van der Waals surface area (Å²) < 4.78 is 20.7. The highest BCUT2D eigenvalue weighted by atomic mass is 19.1. The Bertz CT molecular complexity index is 1120. The molecule has 0 bridgehead atoms. The molecule has 1 aliphatic rings. The minimum absolute atomic E-state index is 0.145. The average molecular weight is 443 g/mol. The number of benzene rings is 1. The molecule has 10 heteroatoms. The first-order valence-corrected chi connectivity index (χ1v) is 10.6. The van der Waals surface area contributed by atoms with Gasteiger partial charge in [0.25, 0.3) is 5.56 Å². The van der Waals surface area contributed by atoms with Gasteiger partial charge in [-0.2, -0.15) is 0 Å². The molecule has 32 heavy (non-hydrogen) atoms. The van der Waals surface area contributed by atoms with Gasteiger partial charge in [0.1, 0.15) is 23.5 Å². The Morgan fingerprint density at radius 2 is 1.97 bits per heavy atom. The Morgan fingerprint density at radius 3 is 2.69 bits per heavy atom. The van der Waals surface area contributed by atoms with E-state index in [1.807, 2.05) is 4.90 Å². The molecule has 0 radical (unpaired) electrons. The number of halogens is 1. The van der Waals surface area contributed by atoms with Crippen LogP contribution in [0, 0.1) is 5.82 Å². The lowest BCUT2D eigenvalue weighted by molar-refractivity contribution is -0.0517. The van der Waals surface area contributed by atoms with Gasteiger partial charge in [0.15, 0.2) is 6.29 Å². The van der Waals surface area contributed by atoms with Crippen molar-refractivity contribution in [2.24, 2.45) is 0 Å². The number of anilines is 2. The number of hydrogen-bond acceptors (Lipinski definition) is 8. The van der Waals surface area contributed by atoms with E-state index in [9.17, 15) is 19.4 Å². The zero-order chi connectivity index (χ0) is 22.7. The minimum atomic E-state index is -1.69. The van der Waals surface area contributed by atoms with E-state index < -0.39 is 23.7 Å². The zero-order valence-corrected chi connectivity index (χ0v) is 17.7. The number of aliphatic hydroxyl groups excluding tert-OH is 1. The van der Waals surface area contributed by atoms with Crippen molar-refractivity contribution in [3.8, 4) is 11.5 Å². The number of piperidine rings is 1. The first-order valence-electron chi connectivity index (χ1n) is 10.6. The van der Waals surface area contributed by atoms with Crippen LogP contribution < -0.4 is 15.8 Å². The Kier molecular flexibility index (Phi) is 6.52. The largest absolute Gasteiger partial charge is 0.444 e. The minimum Gasteiger partial charge on any atom is -0.444 e. The summed E-state index contributed by atoms with van der Waals surface area (Å²) in [7, 11) is 0. The number of rotatable bonds is 7. The van der Waals surface area contributed by atoms with Crippen LogP contribution in [0.25, 0.3) is 11.5 Å². The summed E-state index contributed by atoms with van der Waals surface area (Å²) in [6.45, 7) is 3.01. The van der Waals surface area contributed by atoms with Gasteiger partial charge in [-0.25, -0.2) is 14.4 Å². The standard InChI is InChI=1S/C22H26FN5O4/c1-14(18-13-32-20(26-18)15-7-3-4-8-16(15)23)25-17-11-24-22(27-9-5-2-6-10-27)28(21(17)31)12-19(29)30/h3-4,7-8,11,13-14,19,25,29-30H,2,5-6,9-10,12H2,1H3/t14-/m1/s1. The molecule has 9 nitrogen and oxygen atoms in total. The zero-order valence-electron chi connectivity index (χ0n) is 17.7. The monoisotopic (exact) mass is 443 g/mol. The summed E-state index contributed by atoms with van der Waals surface area (Å²) in [5.74, 6) is 0.125. The summed E-state index contributed by atoms with van der Waals surface area (Å²) in [5, 5.41) is 22.1. The van der Waals surface area contributed by atoms with Crippen molar-refractivity contribution in [2.45, 2.75) is 45.1 Å². The Hall–Kier alpha value is -3.24. The Labute approximate surface area is 184 Å². The molecule has 3 N–H and O–H groups in total. The molecule has 1 fully saturated rings. The number of nitrogens with one attached hydrogen (secondary N) is 1. The van der Waals surface area contributed by atoms with Crippen LogP contribution in [0.4, 0.5) is 16.0 Å². The quantitative estimate of drug-likeness (QED) is 0.477. The van der Waals surface area contributed by atoms with Gasteiger partial charge in [-0.15, -0.1) is 0 Å². The lowest BCUT2D eigenvalue weighted by atomic mass is 10.1. The van der Waals surface area contributed by atoms with Crippen LogP contribution in [0.2, 0.25) is 0 Å². The third kappa shape index (κ3) is 4.66. The lowest BCUT2D eigenvalue weighted by Gasteiger charge is -2.30. The fraction of sp³-hybridized carbons (Fsp3) is 0.409. The first kappa shape index (κ1) is 22.0. The molecule has 0 saturated carbocycles. The van der Waals surface area contributed by atoms with Crippen LogP contribution in [0.1, 0.15) is 37.9 Å². The highest BCUT2D eigenvalue weighted by Gasteiger charge is 2.21. The van der Waals surface area contributed by atoms with Crippen molar-refractivity contribution in [1.82, 2.24) is 14.5 Å². The predicted molar refractivity (Wildman–Crippen MR) is 117 cm³/mol. The first-order chi connectivity index (χ1) is 15.4. The molecule has 3 heterocycles. The van der Waals surface area contributed by atoms with E-state index in [1.54, 1.807) is 25.1 Å². The van der Waals surface area contributed by atoms with Crippen LogP contribution in [-0.2, 0) is 6.54 Å². The molecule has 4 rings (SSSR count). The second kappa shape index (κ2) is 9.49. The second-order valence-electron chi connectivity index (χ2n) is 7.84. The highest BCUT2D eigenvalue weighted by Crippen LogP contribution is 2.25. The smallest absolute Gasteiger partial charge is 0.278 e. The summed E-state index contributed by atoms with van der Waals surface area (Å²) in [5.41, 5.74) is 0.502. The van der Waals surface area contributed by atoms with Crippen LogP contribution in [0.3, 0.4) is 0 Å². The molecule has 0 aliphatic carbocycles. The molecule has 0 unspecified atom stereocenters. The van der Waals surface area contributed by atoms with Crippen molar-refractivity contribution in [3.05, 3.63) is 58.6 Å². The highest BCUT2D eigenvalue weighted by molar-refractivity contribution is 5.54. The second-order valence-corrected chi connectivity index (χ2v) is 7.84. The number of hydrogen-bond donors (Lipinski definition) is 3. The van der Waals surface area contributed by atoms with Crippen molar-refractivity contribution in [3.63, 3.8) is 0 Å². The topological polar surface area (TPSA) is 117 Å².